The smallest absolute Gasteiger partial charge is 0.251 e. The molecule has 0 bridgehead atoms. The van der Waals surface area contributed by atoms with Crippen LogP contribution < -0.4 is 11.1 Å². The molecule has 0 saturated heterocycles. The van der Waals surface area contributed by atoms with E-state index in [-0.39, 0.29) is 11.1 Å². The third-order valence-electron chi connectivity index (χ3n) is 2.07. The fraction of sp³-hybridized carbons (Fsp3) is 0.182. The molecule has 17 heavy (non-hydrogen) atoms. The van der Waals surface area contributed by atoms with Crippen LogP contribution in [-0.2, 0) is 5.75 Å². The zero-order valence-corrected chi connectivity index (χ0v) is 10.1. The lowest BCUT2D eigenvalue weighted by molar-refractivity contribution is 0.0962. The van der Waals surface area contributed by atoms with Crippen molar-refractivity contribution < 1.29 is 4.79 Å². The highest BCUT2D eigenvalue weighted by atomic mass is 32.2. The van der Waals surface area contributed by atoms with Crippen LogP contribution in [0, 0.1) is 12.0 Å². The number of thioether (sulfide) groups is 1. The summed E-state index contributed by atoms with van der Waals surface area (Å²) in [5.74, 6) is 0.197. The molecule has 0 aliphatic carbocycles. The van der Waals surface area contributed by atoms with Gasteiger partial charge in [-0.3, -0.25) is 10.2 Å². The number of carbonyl (C=O) groups excluding carboxylic acids is 1. The van der Waals surface area contributed by atoms with Crippen LogP contribution in [0.3, 0.4) is 0 Å². The Hall–Kier alpha value is -2.00. The second-order valence-electron chi connectivity index (χ2n) is 3.19. The molecule has 0 aliphatic rings. The van der Waals surface area contributed by atoms with Gasteiger partial charge in [0.25, 0.3) is 5.91 Å². The molecule has 88 valence electrons. The Morgan fingerprint density at radius 1 is 1.65 bits per heavy atom. The van der Waals surface area contributed by atoms with Gasteiger partial charge in [-0.15, -0.1) is 0 Å². The highest BCUT2D eigenvalue weighted by Crippen LogP contribution is 2.22. The summed E-state index contributed by atoms with van der Waals surface area (Å²) in [4.78, 5) is 14.9. The zero-order valence-electron chi connectivity index (χ0n) is 9.28. The fourth-order valence-corrected chi connectivity index (χ4v) is 1.83. The molecule has 4 N–H and O–H groups in total. The summed E-state index contributed by atoms with van der Waals surface area (Å²) in [5.41, 5.74) is 6.94. The Bertz CT molecular complexity index is 493. The number of hydrogen-bond donors (Lipinski definition) is 3. The number of rotatable bonds is 3. The zero-order chi connectivity index (χ0) is 12.8. The Morgan fingerprint density at radius 2 is 2.35 bits per heavy atom. The van der Waals surface area contributed by atoms with Crippen molar-refractivity contribution in [2.75, 3.05) is 7.05 Å². The van der Waals surface area contributed by atoms with Crippen molar-refractivity contribution >= 4 is 28.5 Å². The Labute approximate surface area is 104 Å². The molecule has 0 radical (unpaired) electrons. The minimum absolute atomic E-state index is 0.0129. The number of nitrogens with one attached hydrogen (secondary N) is 2. The average Bonchev–Trinajstić information content (AvgIpc) is 2.34. The van der Waals surface area contributed by atoms with Gasteiger partial charge in [-0.25, -0.2) is 4.85 Å². The van der Waals surface area contributed by atoms with E-state index < -0.39 is 0 Å². The number of nitrogens with zero attached hydrogens (tertiary/aromatic N) is 1. The molecule has 0 heterocycles. The van der Waals surface area contributed by atoms with Crippen molar-refractivity contribution in [1.82, 2.24) is 5.32 Å². The van der Waals surface area contributed by atoms with E-state index in [0.717, 1.165) is 11.8 Å². The topological polar surface area (TPSA) is 83.3 Å². The Morgan fingerprint density at radius 3 is 2.88 bits per heavy atom. The first-order valence-electron chi connectivity index (χ1n) is 4.77. The van der Waals surface area contributed by atoms with Crippen molar-refractivity contribution in [3.63, 3.8) is 0 Å². The normalized spacial score (nSPS) is 9.41. The van der Waals surface area contributed by atoms with E-state index in [0.29, 0.717) is 22.6 Å². The number of amides is 1. The Balaban J connectivity index is 3.08. The molecule has 0 spiro atoms. The largest absolute Gasteiger partial charge is 0.379 e. The maximum absolute atomic E-state index is 11.6. The van der Waals surface area contributed by atoms with Crippen molar-refractivity contribution in [3.05, 3.63) is 40.7 Å². The van der Waals surface area contributed by atoms with Crippen LogP contribution in [0.1, 0.15) is 15.9 Å². The molecule has 1 amide bonds. The van der Waals surface area contributed by atoms with Crippen molar-refractivity contribution in [1.29, 1.82) is 5.41 Å². The summed E-state index contributed by atoms with van der Waals surface area (Å²) < 4.78 is 0. The first-order valence-corrected chi connectivity index (χ1v) is 5.76. The van der Waals surface area contributed by atoms with Gasteiger partial charge < -0.3 is 11.1 Å². The second-order valence-corrected chi connectivity index (χ2v) is 4.20. The van der Waals surface area contributed by atoms with Crippen LogP contribution in [-0.4, -0.2) is 18.1 Å². The molecule has 0 atom stereocenters. The first-order chi connectivity index (χ1) is 8.08. The van der Waals surface area contributed by atoms with Crippen LogP contribution >= 0.6 is 11.8 Å². The number of nitrogens with two attached hydrogens (primary N) is 1. The van der Waals surface area contributed by atoms with Gasteiger partial charge in [0.1, 0.15) is 0 Å². The van der Waals surface area contributed by atoms with Gasteiger partial charge in [0.2, 0.25) is 0 Å². The highest BCUT2D eigenvalue weighted by molar-refractivity contribution is 8.13. The van der Waals surface area contributed by atoms with Crippen molar-refractivity contribution in [2.24, 2.45) is 5.73 Å². The van der Waals surface area contributed by atoms with E-state index in [2.05, 4.69) is 10.2 Å². The maximum Gasteiger partial charge on any atom is 0.251 e. The predicted molar refractivity (Wildman–Crippen MR) is 69.3 cm³/mol. The van der Waals surface area contributed by atoms with Gasteiger partial charge in [-0.1, -0.05) is 30.0 Å². The van der Waals surface area contributed by atoms with E-state index >= 15 is 0 Å². The molecular formula is C11H12N4OS. The van der Waals surface area contributed by atoms with E-state index in [1.54, 1.807) is 25.2 Å². The van der Waals surface area contributed by atoms with Crippen LogP contribution in [0.5, 0.6) is 0 Å². The summed E-state index contributed by atoms with van der Waals surface area (Å²) in [6.45, 7) is 6.93. The third-order valence-corrected chi connectivity index (χ3v) is 2.84. The number of hydrogen-bond acceptors (Lipinski definition) is 3. The molecule has 0 fully saturated rings. The van der Waals surface area contributed by atoms with Crippen LogP contribution in [0.25, 0.3) is 4.85 Å². The number of benzene rings is 1. The molecule has 0 aromatic heterocycles. The highest BCUT2D eigenvalue weighted by Gasteiger charge is 2.11. The number of amidine groups is 1. The molecule has 1 rings (SSSR count). The molecule has 6 heteroatoms. The van der Waals surface area contributed by atoms with E-state index in [9.17, 15) is 4.79 Å². The van der Waals surface area contributed by atoms with Gasteiger partial charge in [0, 0.05) is 18.4 Å². The molecule has 0 aliphatic heterocycles. The molecule has 0 unspecified atom stereocenters. The van der Waals surface area contributed by atoms with Crippen molar-refractivity contribution in [2.45, 2.75) is 5.75 Å². The second kappa shape index (κ2) is 5.92. The van der Waals surface area contributed by atoms with E-state index in [1.165, 1.54) is 0 Å². The van der Waals surface area contributed by atoms with Crippen LogP contribution in [0.2, 0.25) is 0 Å². The summed E-state index contributed by atoms with van der Waals surface area (Å²) in [5, 5.41) is 9.67. The van der Waals surface area contributed by atoms with Crippen LogP contribution in [0.15, 0.2) is 18.2 Å². The van der Waals surface area contributed by atoms with E-state index in [1.807, 2.05) is 0 Å². The lowest BCUT2D eigenvalue weighted by Gasteiger charge is -2.08. The van der Waals surface area contributed by atoms with Gasteiger partial charge in [0.15, 0.2) is 10.9 Å². The van der Waals surface area contributed by atoms with Crippen molar-refractivity contribution in [3.8, 4) is 0 Å². The quantitative estimate of drug-likeness (QED) is 0.432. The predicted octanol–water partition coefficient (Wildman–Crippen LogP) is 1.72. The molecule has 1 aromatic rings. The minimum atomic E-state index is -0.208. The summed E-state index contributed by atoms with van der Waals surface area (Å²) in [7, 11) is 1.55. The fourth-order valence-electron chi connectivity index (χ4n) is 1.28. The monoisotopic (exact) mass is 248 g/mol. The number of carbonyl (C=O) groups is 1. The van der Waals surface area contributed by atoms with Gasteiger partial charge >= 0.3 is 0 Å². The lowest BCUT2D eigenvalue weighted by Crippen LogP contribution is -2.19. The molecule has 5 nitrogen and oxygen atoms in total. The lowest BCUT2D eigenvalue weighted by atomic mass is 10.1. The maximum atomic E-state index is 11.6. The van der Waals surface area contributed by atoms with Crippen LogP contribution in [0.4, 0.5) is 5.69 Å². The summed E-state index contributed by atoms with van der Waals surface area (Å²) >= 11 is 1.12. The third kappa shape index (κ3) is 3.50. The van der Waals surface area contributed by atoms with Gasteiger partial charge in [-0.2, -0.15) is 0 Å². The molecule has 0 saturated carbocycles. The average molecular weight is 248 g/mol. The summed E-state index contributed by atoms with van der Waals surface area (Å²) in [6, 6.07) is 4.86. The molecular weight excluding hydrogens is 236 g/mol. The standard InChI is InChI=1S/C11H12N4OS/c1-14-8-3-4-9(10(16)15-2)7(5-8)6-17-11(12)13/h3-5H,6H2,2H3,(H3,12,13)(H,15,16). The molecule has 1 aromatic carbocycles. The van der Waals surface area contributed by atoms with Gasteiger partial charge in [0.05, 0.1) is 6.57 Å². The van der Waals surface area contributed by atoms with E-state index in [4.69, 9.17) is 17.7 Å². The SMILES string of the molecule is [C-]#[N+]c1ccc(C(=O)NC)c(CSC(=N)N)c1. The first kappa shape index (κ1) is 13.1. The van der Waals surface area contributed by atoms with Gasteiger partial charge in [-0.05, 0) is 5.56 Å². The minimum Gasteiger partial charge on any atom is -0.379 e. The Kier molecular flexibility index (Phi) is 4.55. The summed E-state index contributed by atoms with van der Waals surface area (Å²) in [6.07, 6.45) is 0.